The van der Waals surface area contributed by atoms with Crippen LogP contribution in [0.1, 0.15) is 24.1 Å². The van der Waals surface area contributed by atoms with Crippen LogP contribution in [0.25, 0.3) is 5.65 Å². The fraction of sp³-hybridized carbons (Fsp3) is 0.348. The summed E-state index contributed by atoms with van der Waals surface area (Å²) in [5.74, 6) is 0.0944. The summed E-state index contributed by atoms with van der Waals surface area (Å²) < 4.78 is 8.76. The zero-order chi connectivity index (χ0) is 24.4. The predicted molar refractivity (Wildman–Crippen MR) is 150 cm³/mol. The highest BCUT2D eigenvalue weighted by molar-refractivity contribution is 9.10. The highest BCUT2D eigenvalue weighted by atomic mass is 79.9. The molecule has 1 fully saturated rings. The summed E-state index contributed by atoms with van der Waals surface area (Å²) in [6.45, 7) is 2.66. The maximum absolute atomic E-state index is 12.7. The standard InChI is InChI=1S/C23H24BrCl2N5O3.2ClH/c1-13-21(24)31-10-4-6-18(22(31)29-13)34-12-14-15(25)7-8-17(20(14)26)30(2)19(32)11-28-23(33)16-5-3-9-27-16;;/h4,6-8,10,16,27H,3,5,9,11-12H2,1-2H3,(H,28,33);2*1H/t16-;;/m1../s1. The molecule has 3 heterocycles. The third-order valence-electron chi connectivity index (χ3n) is 5.78. The molecule has 0 spiro atoms. The van der Waals surface area contributed by atoms with Gasteiger partial charge in [0.05, 0.1) is 29.0 Å². The van der Waals surface area contributed by atoms with E-state index in [2.05, 4.69) is 31.5 Å². The topological polar surface area (TPSA) is 88.0 Å². The highest BCUT2D eigenvalue weighted by Gasteiger charge is 2.24. The van der Waals surface area contributed by atoms with E-state index in [1.54, 1.807) is 19.2 Å². The zero-order valence-corrected chi connectivity index (χ0v) is 24.2. The number of ether oxygens (including phenoxy) is 1. The number of rotatable bonds is 7. The lowest BCUT2D eigenvalue weighted by atomic mass is 10.2. The van der Waals surface area contributed by atoms with Crippen molar-refractivity contribution in [3.8, 4) is 5.75 Å². The van der Waals surface area contributed by atoms with Crippen molar-refractivity contribution in [2.75, 3.05) is 25.0 Å². The number of pyridine rings is 1. The molecule has 196 valence electrons. The number of fused-ring (bicyclic) bond motifs is 1. The number of likely N-dealkylation sites (N-methyl/N-ethyl adjacent to an activating group) is 1. The van der Waals surface area contributed by atoms with Gasteiger partial charge in [-0.1, -0.05) is 23.2 Å². The van der Waals surface area contributed by atoms with Crippen molar-refractivity contribution < 1.29 is 14.3 Å². The van der Waals surface area contributed by atoms with Crippen LogP contribution >= 0.6 is 63.9 Å². The van der Waals surface area contributed by atoms with Gasteiger partial charge in [-0.05, 0) is 66.5 Å². The molecule has 8 nitrogen and oxygen atoms in total. The second-order valence-corrected chi connectivity index (χ2v) is 9.56. The van der Waals surface area contributed by atoms with Crippen LogP contribution in [-0.2, 0) is 16.2 Å². The Balaban J connectivity index is 0.00000228. The van der Waals surface area contributed by atoms with E-state index < -0.39 is 0 Å². The molecule has 1 atom stereocenters. The molecule has 2 aromatic heterocycles. The molecular formula is C23H26BrCl4N5O3. The van der Waals surface area contributed by atoms with Crippen molar-refractivity contribution in [1.82, 2.24) is 20.0 Å². The van der Waals surface area contributed by atoms with Crippen molar-refractivity contribution in [1.29, 1.82) is 0 Å². The van der Waals surface area contributed by atoms with E-state index in [1.165, 1.54) is 4.90 Å². The number of aryl methyl sites for hydroxylation is 1. The first-order chi connectivity index (χ1) is 16.3. The molecule has 1 aromatic carbocycles. The van der Waals surface area contributed by atoms with Gasteiger partial charge in [-0.2, -0.15) is 0 Å². The van der Waals surface area contributed by atoms with E-state index in [0.29, 0.717) is 32.7 Å². The summed E-state index contributed by atoms with van der Waals surface area (Å²) in [6.07, 6.45) is 3.60. The fourth-order valence-corrected chi connectivity index (χ4v) is 4.79. The Morgan fingerprint density at radius 3 is 2.75 bits per heavy atom. The number of anilines is 1. The molecule has 0 radical (unpaired) electrons. The van der Waals surface area contributed by atoms with Crippen molar-refractivity contribution in [3.05, 3.63) is 56.4 Å². The first-order valence-corrected chi connectivity index (χ1v) is 12.3. The van der Waals surface area contributed by atoms with Crippen molar-refractivity contribution in [3.63, 3.8) is 0 Å². The Hall–Kier alpha value is -1.75. The van der Waals surface area contributed by atoms with Crippen molar-refractivity contribution >= 4 is 87.1 Å². The minimum atomic E-state index is -0.301. The largest absolute Gasteiger partial charge is 0.485 e. The van der Waals surface area contributed by atoms with Gasteiger partial charge in [0.25, 0.3) is 0 Å². The van der Waals surface area contributed by atoms with E-state index in [4.69, 9.17) is 27.9 Å². The molecule has 0 saturated carbocycles. The zero-order valence-electron chi connectivity index (χ0n) is 19.5. The van der Waals surface area contributed by atoms with Gasteiger partial charge in [-0.15, -0.1) is 24.8 Å². The van der Waals surface area contributed by atoms with Gasteiger partial charge >= 0.3 is 0 Å². The number of carbonyl (C=O) groups is 2. The number of hydrogen-bond acceptors (Lipinski definition) is 5. The van der Waals surface area contributed by atoms with Crippen molar-refractivity contribution in [2.45, 2.75) is 32.4 Å². The third-order valence-corrected chi connectivity index (χ3v) is 7.51. The highest BCUT2D eigenvalue weighted by Crippen LogP contribution is 2.35. The minimum absolute atomic E-state index is 0. The Labute approximate surface area is 240 Å². The smallest absolute Gasteiger partial charge is 0.246 e. The summed E-state index contributed by atoms with van der Waals surface area (Å²) in [4.78, 5) is 30.9. The van der Waals surface area contributed by atoms with Crippen LogP contribution in [0.4, 0.5) is 5.69 Å². The Morgan fingerprint density at radius 2 is 2.06 bits per heavy atom. The molecule has 36 heavy (non-hydrogen) atoms. The summed E-state index contributed by atoms with van der Waals surface area (Å²) in [6, 6.07) is 6.77. The first kappa shape index (κ1) is 30.5. The normalized spacial score (nSPS) is 14.6. The monoisotopic (exact) mass is 639 g/mol. The van der Waals surface area contributed by atoms with Crippen LogP contribution < -0.4 is 20.3 Å². The van der Waals surface area contributed by atoms with Crippen LogP contribution in [-0.4, -0.2) is 47.4 Å². The van der Waals surface area contributed by atoms with E-state index in [9.17, 15) is 9.59 Å². The van der Waals surface area contributed by atoms with Gasteiger partial charge in [0.2, 0.25) is 11.8 Å². The van der Waals surface area contributed by atoms with E-state index in [0.717, 1.165) is 29.7 Å². The van der Waals surface area contributed by atoms with Crippen LogP contribution in [0.3, 0.4) is 0 Å². The Morgan fingerprint density at radius 1 is 1.31 bits per heavy atom. The maximum atomic E-state index is 12.7. The summed E-state index contributed by atoms with van der Waals surface area (Å²) in [7, 11) is 1.60. The number of nitrogens with one attached hydrogen (secondary N) is 2. The quantitative estimate of drug-likeness (QED) is 0.381. The number of aromatic nitrogens is 2. The average molecular weight is 642 g/mol. The lowest BCUT2D eigenvalue weighted by Crippen LogP contribution is -2.45. The fourth-order valence-electron chi connectivity index (χ4n) is 3.81. The minimum Gasteiger partial charge on any atom is -0.485 e. The molecule has 1 aliphatic heterocycles. The second kappa shape index (κ2) is 13.2. The Bertz CT molecular complexity index is 1250. The summed E-state index contributed by atoms with van der Waals surface area (Å²) in [5.41, 5.74) is 2.52. The molecule has 0 bridgehead atoms. The molecule has 2 amide bonds. The molecule has 0 aliphatic carbocycles. The van der Waals surface area contributed by atoms with E-state index >= 15 is 0 Å². The van der Waals surface area contributed by atoms with Crippen LogP contribution in [0.15, 0.2) is 35.1 Å². The predicted octanol–water partition coefficient (Wildman–Crippen LogP) is 4.97. The number of amides is 2. The lowest BCUT2D eigenvalue weighted by Gasteiger charge is -2.22. The number of imidazole rings is 1. The first-order valence-electron chi connectivity index (χ1n) is 10.8. The SMILES string of the molecule is Cc1nc2c(OCc3c(Cl)ccc(N(C)C(=O)CNC(=O)[C@H]4CCCN4)c3Cl)cccn2c1Br.Cl.Cl. The van der Waals surface area contributed by atoms with Gasteiger partial charge < -0.3 is 20.3 Å². The van der Waals surface area contributed by atoms with Gasteiger partial charge in [0, 0.05) is 23.8 Å². The van der Waals surface area contributed by atoms with Crippen LogP contribution in [0.5, 0.6) is 5.75 Å². The maximum Gasteiger partial charge on any atom is 0.246 e. The summed E-state index contributed by atoms with van der Waals surface area (Å²) >= 11 is 16.6. The molecule has 0 unspecified atom stereocenters. The van der Waals surface area contributed by atoms with Crippen LogP contribution in [0, 0.1) is 6.92 Å². The van der Waals surface area contributed by atoms with Gasteiger partial charge in [0.15, 0.2) is 11.4 Å². The number of benzene rings is 1. The van der Waals surface area contributed by atoms with E-state index in [1.807, 2.05) is 29.7 Å². The number of halogens is 5. The molecule has 4 rings (SSSR count). The second-order valence-electron chi connectivity index (χ2n) is 8.02. The summed E-state index contributed by atoms with van der Waals surface area (Å²) in [5, 5.41) is 6.53. The Kier molecular flexibility index (Phi) is 11.1. The molecule has 13 heteroatoms. The molecule has 1 aliphatic rings. The van der Waals surface area contributed by atoms with Gasteiger partial charge in [-0.25, -0.2) is 4.98 Å². The molecule has 3 aromatic rings. The molecule has 1 saturated heterocycles. The van der Waals surface area contributed by atoms with E-state index in [-0.39, 0.29) is 55.8 Å². The number of hydrogen-bond donors (Lipinski definition) is 2. The number of nitrogens with zero attached hydrogens (tertiary/aromatic N) is 3. The average Bonchev–Trinajstić information content (AvgIpc) is 3.46. The van der Waals surface area contributed by atoms with Crippen LogP contribution in [0.2, 0.25) is 10.0 Å². The molecule has 2 N–H and O–H groups in total. The molecular weight excluding hydrogens is 616 g/mol. The van der Waals surface area contributed by atoms with Gasteiger partial charge in [-0.3, -0.25) is 14.0 Å². The van der Waals surface area contributed by atoms with Gasteiger partial charge in [0.1, 0.15) is 11.2 Å². The third kappa shape index (κ3) is 6.38. The van der Waals surface area contributed by atoms with Crippen molar-refractivity contribution in [2.24, 2.45) is 0 Å². The number of carbonyl (C=O) groups excluding carboxylic acids is 2. The lowest BCUT2D eigenvalue weighted by molar-refractivity contribution is -0.126.